The van der Waals surface area contributed by atoms with Gasteiger partial charge in [-0.15, -0.1) is 0 Å². The molecule has 194 valence electrons. The van der Waals surface area contributed by atoms with Gasteiger partial charge in [0.1, 0.15) is 17.7 Å². The molecule has 6 nitrogen and oxygen atoms in total. The number of hydrogen-bond donors (Lipinski definition) is 1. The number of anilines is 1. The van der Waals surface area contributed by atoms with Crippen molar-refractivity contribution in [3.63, 3.8) is 0 Å². The minimum Gasteiger partial charge on any atom is -0.485 e. The summed E-state index contributed by atoms with van der Waals surface area (Å²) >= 11 is 0. The molecule has 6 rings (SSSR count). The Labute approximate surface area is 222 Å². The summed E-state index contributed by atoms with van der Waals surface area (Å²) in [5, 5.41) is 2.03. The zero-order valence-corrected chi connectivity index (χ0v) is 21.6. The second-order valence-electron chi connectivity index (χ2n) is 10.2. The van der Waals surface area contributed by atoms with Crippen molar-refractivity contribution < 1.29 is 19.0 Å². The highest BCUT2D eigenvalue weighted by Crippen LogP contribution is 2.53. The van der Waals surface area contributed by atoms with E-state index >= 15 is 0 Å². The quantitative estimate of drug-likeness (QED) is 0.314. The molecule has 38 heavy (non-hydrogen) atoms. The van der Waals surface area contributed by atoms with Crippen molar-refractivity contribution in [2.45, 2.75) is 44.1 Å². The third-order valence-corrected chi connectivity index (χ3v) is 8.03. The van der Waals surface area contributed by atoms with E-state index in [1.807, 2.05) is 49.4 Å². The molecule has 1 aromatic heterocycles. The number of benzene rings is 3. The fourth-order valence-electron chi connectivity index (χ4n) is 6.16. The Bertz CT molecular complexity index is 1490. The van der Waals surface area contributed by atoms with E-state index < -0.39 is 0 Å². The molecule has 1 fully saturated rings. The monoisotopic (exact) mass is 508 g/mol. The van der Waals surface area contributed by atoms with Crippen LogP contribution in [0.4, 0.5) is 5.82 Å². The Morgan fingerprint density at radius 3 is 2.74 bits per heavy atom. The van der Waals surface area contributed by atoms with Crippen LogP contribution in [-0.4, -0.2) is 30.8 Å². The average molecular weight is 509 g/mol. The van der Waals surface area contributed by atoms with Crippen molar-refractivity contribution >= 4 is 22.6 Å². The summed E-state index contributed by atoms with van der Waals surface area (Å²) in [6.45, 7) is 3.69. The topological polar surface area (TPSA) is 83.7 Å². The molecule has 2 N–H and O–H groups in total. The predicted molar refractivity (Wildman–Crippen MR) is 148 cm³/mol. The van der Waals surface area contributed by atoms with E-state index in [1.54, 1.807) is 6.20 Å². The Balaban J connectivity index is 1.41. The van der Waals surface area contributed by atoms with Crippen LogP contribution in [0.2, 0.25) is 0 Å². The molecule has 1 saturated heterocycles. The standard InChI is InChI=1S/C32H32N2O4/c1-2-37-30(35)19-22-6-3-4-9-28(22)38-29-20-32(13-16-36-17-14-32)27-11-10-21(18-26(27)29)23-7-5-8-25-24(23)12-15-34-31(25)33/h3-12,15,18,29H,2,13-14,16-17,19-20H2,1H3,(H2,33,34). The summed E-state index contributed by atoms with van der Waals surface area (Å²) in [7, 11) is 0. The van der Waals surface area contributed by atoms with Gasteiger partial charge >= 0.3 is 5.97 Å². The van der Waals surface area contributed by atoms with E-state index in [0.717, 1.165) is 65.7 Å². The largest absolute Gasteiger partial charge is 0.485 e. The minimum atomic E-state index is -0.247. The maximum absolute atomic E-state index is 12.3. The molecule has 1 atom stereocenters. The van der Waals surface area contributed by atoms with E-state index in [0.29, 0.717) is 12.4 Å². The molecule has 0 amide bonds. The molecular formula is C32H32N2O4. The fourth-order valence-corrected chi connectivity index (χ4v) is 6.16. The van der Waals surface area contributed by atoms with Gasteiger partial charge in [0, 0.05) is 35.8 Å². The second-order valence-corrected chi connectivity index (χ2v) is 10.2. The second kappa shape index (κ2) is 10.1. The van der Waals surface area contributed by atoms with Gasteiger partial charge in [0.25, 0.3) is 0 Å². The van der Waals surface area contributed by atoms with Crippen LogP contribution in [0.3, 0.4) is 0 Å². The lowest BCUT2D eigenvalue weighted by molar-refractivity contribution is -0.142. The number of nitrogen functional groups attached to an aromatic ring is 1. The smallest absolute Gasteiger partial charge is 0.310 e. The van der Waals surface area contributed by atoms with E-state index in [9.17, 15) is 4.79 Å². The molecule has 1 aliphatic carbocycles. The minimum absolute atomic E-state index is 0.0277. The first-order valence-electron chi connectivity index (χ1n) is 13.3. The highest BCUT2D eigenvalue weighted by atomic mass is 16.5. The Kier molecular flexibility index (Phi) is 6.50. The molecule has 0 bridgehead atoms. The number of hydrogen-bond acceptors (Lipinski definition) is 6. The van der Waals surface area contributed by atoms with Crippen LogP contribution in [0.15, 0.2) is 72.9 Å². The number of nitrogens with two attached hydrogens (primary N) is 1. The number of esters is 1. The average Bonchev–Trinajstić information content (AvgIpc) is 3.22. The molecular weight excluding hydrogens is 476 g/mol. The van der Waals surface area contributed by atoms with Gasteiger partial charge in [-0.25, -0.2) is 4.98 Å². The van der Waals surface area contributed by atoms with Gasteiger partial charge in [0.2, 0.25) is 0 Å². The van der Waals surface area contributed by atoms with Crippen LogP contribution in [0.25, 0.3) is 21.9 Å². The zero-order valence-electron chi connectivity index (χ0n) is 21.6. The van der Waals surface area contributed by atoms with Crippen LogP contribution >= 0.6 is 0 Å². The Morgan fingerprint density at radius 2 is 1.89 bits per heavy atom. The predicted octanol–water partition coefficient (Wildman–Crippen LogP) is 6.16. The van der Waals surface area contributed by atoms with Gasteiger partial charge in [-0.3, -0.25) is 4.79 Å². The molecule has 4 aromatic rings. The van der Waals surface area contributed by atoms with Crippen LogP contribution in [0, 0.1) is 0 Å². The molecule has 3 aromatic carbocycles. The summed E-state index contributed by atoms with van der Waals surface area (Å²) in [5.74, 6) is 1.02. The van der Waals surface area contributed by atoms with Crippen LogP contribution < -0.4 is 10.5 Å². The van der Waals surface area contributed by atoms with Crippen molar-refractivity contribution in [3.05, 3.63) is 89.6 Å². The van der Waals surface area contributed by atoms with Gasteiger partial charge in [-0.2, -0.15) is 0 Å². The molecule has 1 unspecified atom stereocenters. The van der Waals surface area contributed by atoms with Crippen molar-refractivity contribution in [2.24, 2.45) is 0 Å². The number of carbonyl (C=O) groups is 1. The van der Waals surface area contributed by atoms with Crippen molar-refractivity contribution in [1.82, 2.24) is 4.98 Å². The number of rotatable bonds is 6. The van der Waals surface area contributed by atoms with Crippen LogP contribution in [0.5, 0.6) is 5.75 Å². The molecule has 0 saturated carbocycles. The molecule has 2 heterocycles. The van der Waals surface area contributed by atoms with E-state index in [1.165, 1.54) is 11.1 Å². The summed E-state index contributed by atoms with van der Waals surface area (Å²) in [6, 6.07) is 22.8. The normalized spacial score (nSPS) is 17.9. The van der Waals surface area contributed by atoms with Crippen molar-refractivity contribution in [3.8, 4) is 16.9 Å². The van der Waals surface area contributed by atoms with Crippen LogP contribution in [0.1, 0.15) is 49.0 Å². The third-order valence-electron chi connectivity index (χ3n) is 8.03. The first-order chi connectivity index (χ1) is 18.6. The lowest BCUT2D eigenvalue weighted by Crippen LogP contribution is -2.32. The van der Waals surface area contributed by atoms with E-state index in [-0.39, 0.29) is 23.9 Å². The van der Waals surface area contributed by atoms with Gasteiger partial charge in [-0.1, -0.05) is 48.5 Å². The number of para-hydroxylation sites is 1. The van der Waals surface area contributed by atoms with E-state index in [4.69, 9.17) is 19.9 Å². The van der Waals surface area contributed by atoms with Gasteiger partial charge in [0.05, 0.1) is 13.0 Å². The molecule has 1 spiro atoms. The lowest BCUT2D eigenvalue weighted by Gasteiger charge is -2.34. The van der Waals surface area contributed by atoms with Gasteiger partial charge in [-0.05, 0) is 72.0 Å². The number of aromatic nitrogens is 1. The number of carbonyl (C=O) groups excluding carboxylic acids is 1. The first-order valence-corrected chi connectivity index (χ1v) is 13.3. The zero-order chi connectivity index (χ0) is 26.1. The number of pyridine rings is 1. The van der Waals surface area contributed by atoms with Crippen molar-refractivity contribution in [1.29, 1.82) is 0 Å². The maximum atomic E-state index is 12.3. The highest BCUT2D eigenvalue weighted by molar-refractivity contribution is 6.01. The lowest BCUT2D eigenvalue weighted by atomic mass is 9.75. The Morgan fingerprint density at radius 1 is 1.05 bits per heavy atom. The number of nitrogens with zero attached hydrogens (tertiary/aromatic N) is 1. The summed E-state index contributed by atoms with van der Waals surface area (Å²) in [5.41, 5.74) is 11.8. The number of ether oxygens (including phenoxy) is 3. The molecule has 6 heteroatoms. The van der Waals surface area contributed by atoms with Crippen LogP contribution in [-0.2, 0) is 26.1 Å². The summed E-state index contributed by atoms with van der Waals surface area (Å²) in [4.78, 5) is 16.5. The fraction of sp³-hybridized carbons (Fsp3) is 0.312. The first kappa shape index (κ1) is 24.4. The summed E-state index contributed by atoms with van der Waals surface area (Å²) < 4.78 is 17.7. The van der Waals surface area contributed by atoms with Gasteiger partial charge < -0.3 is 19.9 Å². The Hall–Kier alpha value is -3.90. The molecule has 0 radical (unpaired) electrons. The highest BCUT2D eigenvalue weighted by Gasteiger charge is 2.46. The molecule has 1 aliphatic heterocycles. The van der Waals surface area contributed by atoms with Gasteiger partial charge in [0.15, 0.2) is 0 Å². The maximum Gasteiger partial charge on any atom is 0.310 e. The molecule has 2 aliphatic rings. The number of fused-ring (bicyclic) bond motifs is 3. The van der Waals surface area contributed by atoms with Crippen molar-refractivity contribution in [2.75, 3.05) is 25.6 Å². The SMILES string of the molecule is CCOC(=O)Cc1ccccc1OC1CC2(CCOCC2)c2ccc(-c3cccc4c(N)nccc34)cc21. The van der Waals surface area contributed by atoms with E-state index in [2.05, 4.69) is 29.2 Å². The third kappa shape index (κ3) is 4.39. The summed E-state index contributed by atoms with van der Waals surface area (Å²) in [6.07, 6.45) is 4.65.